The van der Waals surface area contributed by atoms with E-state index in [-0.39, 0.29) is 5.28 Å². The predicted molar refractivity (Wildman–Crippen MR) is 109 cm³/mol. The molecule has 5 heteroatoms. The summed E-state index contributed by atoms with van der Waals surface area (Å²) >= 11 is 6.14. The molecule has 27 heavy (non-hydrogen) atoms. The molecular formula is C22H20ClN3O. The van der Waals surface area contributed by atoms with Crippen LogP contribution in [0.2, 0.25) is 5.28 Å². The molecular weight excluding hydrogens is 358 g/mol. The van der Waals surface area contributed by atoms with Gasteiger partial charge in [-0.05, 0) is 60.8 Å². The van der Waals surface area contributed by atoms with Crippen molar-refractivity contribution >= 4 is 22.6 Å². The van der Waals surface area contributed by atoms with Gasteiger partial charge in [-0.1, -0.05) is 29.8 Å². The third-order valence-electron chi connectivity index (χ3n) is 4.66. The second-order valence-corrected chi connectivity index (χ2v) is 7.10. The minimum absolute atomic E-state index is 0.247. The zero-order chi connectivity index (χ0) is 19.0. The van der Waals surface area contributed by atoms with Gasteiger partial charge in [0.25, 0.3) is 0 Å². The van der Waals surface area contributed by atoms with E-state index in [2.05, 4.69) is 47.2 Å². The maximum absolute atomic E-state index is 6.14. The lowest BCUT2D eigenvalue weighted by Gasteiger charge is -2.11. The topological polar surface area (TPSA) is 39.9 Å². The lowest BCUT2D eigenvalue weighted by Crippen LogP contribution is -1.98. The van der Waals surface area contributed by atoms with E-state index >= 15 is 0 Å². The van der Waals surface area contributed by atoms with Gasteiger partial charge in [0.1, 0.15) is 18.0 Å². The average Bonchev–Trinajstić information content (AvgIpc) is 3.02. The van der Waals surface area contributed by atoms with Crippen LogP contribution in [0.15, 0.2) is 54.7 Å². The van der Waals surface area contributed by atoms with Gasteiger partial charge in [-0.3, -0.25) is 0 Å². The van der Waals surface area contributed by atoms with Gasteiger partial charge in [0.2, 0.25) is 5.28 Å². The lowest BCUT2D eigenvalue weighted by atomic mass is 10.1. The first kappa shape index (κ1) is 17.6. The van der Waals surface area contributed by atoms with Crippen LogP contribution in [0.25, 0.3) is 22.3 Å². The molecule has 0 radical (unpaired) electrons. The molecule has 0 saturated carbocycles. The maximum atomic E-state index is 6.14. The van der Waals surface area contributed by atoms with Crippen molar-refractivity contribution in [2.45, 2.75) is 20.5 Å². The van der Waals surface area contributed by atoms with Gasteiger partial charge in [-0.25, -0.2) is 4.98 Å². The van der Waals surface area contributed by atoms with E-state index in [4.69, 9.17) is 16.3 Å². The molecule has 0 N–H and O–H groups in total. The van der Waals surface area contributed by atoms with Crippen molar-refractivity contribution in [2.24, 2.45) is 7.05 Å². The molecule has 4 rings (SSSR count). The number of ether oxygens (including phenoxy) is 1. The Morgan fingerprint density at radius 1 is 1.00 bits per heavy atom. The maximum Gasteiger partial charge on any atom is 0.224 e. The Balaban J connectivity index is 1.63. The highest BCUT2D eigenvalue weighted by molar-refractivity contribution is 6.28. The zero-order valence-electron chi connectivity index (χ0n) is 15.5. The molecule has 0 unspecified atom stereocenters. The predicted octanol–water partition coefficient (Wildman–Crippen LogP) is 5.48. The first-order valence-electron chi connectivity index (χ1n) is 8.79. The molecule has 0 aliphatic heterocycles. The molecule has 0 saturated heterocycles. The summed E-state index contributed by atoms with van der Waals surface area (Å²) < 4.78 is 7.95. The quantitative estimate of drug-likeness (QED) is 0.442. The van der Waals surface area contributed by atoms with Crippen LogP contribution in [0, 0.1) is 13.8 Å². The van der Waals surface area contributed by atoms with Crippen molar-refractivity contribution in [3.05, 3.63) is 76.7 Å². The number of aromatic nitrogens is 3. The van der Waals surface area contributed by atoms with Crippen LogP contribution in [0.3, 0.4) is 0 Å². The van der Waals surface area contributed by atoms with Gasteiger partial charge in [-0.2, -0.15) is 4.98 Å². The van der Waals surface area contributed by atoms with Crippen molar-refractivity contribution in [1.82, 2.24) is 14.5 Å². The normalized spacial score (nSPS) is 11.1. The number of hydrogen-bond acceptors (Lipinski definition) is 3. The summed E-state index contributed by atoms with van der Waals surface area (Å²) in [6.07, 6.45) is 1.96. The molecule has 4 aromatic rings. The molecule has 0 bridgehead atoms. The monoisotopic (exact) mass is 377 g/mol. The van der Waals surface area contributed by atoms with Crippen molar-refractivity contribution in [3.8, 4) is 17.0 Å². The van der Waals surface area contributed by atoms with Gasteiger partial charge in [-0.15, -0.1) is 0 Å². The summed E-state index contributed by atoms with van der Waals surface area (Å²) in [5.74, 6) is 0.865. The molecule has 0 aliphatic carbocycles. The molecule has 0 fully saturated rings. The minimum Gasteiger partial charge on any atom is -0.489 e. The van der Waals surface area contributed by atoms with Crippen molar-refractivity contribution in [2.75, 3.05) is 0 Å². The van der Waals surface area contributed by atoms with E-state index in [1.807, 2.05) is 42.9 Å². The van der Waals surface area contributed by atoms with Crippen LogP contribution in [-0.2, 0) is 13.7 Å². The van der Waals surface area contributed by atoms with E-state index in [0.717, 1.165) is 39.2 Å². The highest BCUT2D eigenvalue weighted by atomic mass is 35.5. The SMILES string of the molecule is Cc1ccc(COc2ccc(-c3nc(Cl)nc4c3ccn4C)cc2C)cc1. The van der Waals surface area contributed by atoms with Crippen molar-refractivity contribution < 1.29 is 4.74 Å². The number of halogens is 1. The Morgan fingerprint density at radius 2 is 1.78 bits per heavy atom. The molecule has 0 amide bonds. The van der Waals surface area contributed by atoms with Crippen LogP contribution in [0.1, 0.15) is 16.7 Å². The van der Waals surface area contributed by atoms with Crippen LogP contribution < -0.4 is 4.74 Å². The van der Waals surface area contributed by atoms with E-state index in [0.29, 0.717) is 6.61 Å². The lowest BCUT2D eigenvalue weighted by molar-refractivity contribution is 0.304. The summed E-state index contributed by atoms with van der Waals surface area (Å²) in [5.41, 5.74) is 6.10. The van der Waals surface area contributed by atoms with Crippen LogP contribution in [0.5, 0.6) is 5.75 Å². The Morgan fingerprint density at radius 3 is 2.52 bits per heavy atom. The first-order chi connectivity index (χ1) is 13.0. The number of rotatable bonds is 4. The van der Waals surface area contributed by atoms with E-state index in [1.54, 1.807) is 0 Å². The van der Waals surface area contributed by atoms with E-state index in [1.165, 1.54) is 5.56 Å². The highest BCUT2D eigenvalue weighted by Crippen LogP contribution is 2.31. The van der Waals surface area contributed by atoms with Gasteiger partial charge in [0.05, 0.1) is 5.69 Å². The van der Waals surface area contributed by atoms with E-state index < -0.39 is 0 Å². The molecule has 0 aliphatic rings. The van der Waals surface area contributed by atoms with Gasteiger partial charge in [0, 0.05) is 24.2 Å². The summed E-state index contributed by atoms with van der Waals surface area (Å²) in [6.45, 7) is 4.66. The second kappa shape index (κ2) is 7.05. The number of fused-ring (bicyclic) bond motifs is 1. The third-order valence-corrected chi connectivity index (χ3v) is 4.83. The Labute approximate surface area is 163 Å². The van der Waals surface area contributed by atoms with Crippen LogP contribution >= 0.6 is 11.6 Å². The molecule has 2 heterocycles. The Hall–Kier alpha value is -2.85. The number of hydrogen-bond donors (Lipinski definition) is 0. The van der Waals surface area contributed by atoms with Crippen molar-refractivity contribution in [1.29, 1.82) is 0 Å². The third kappa shape index (κ3) is 3.53. The summed E-state index contributed by atoms with van der Waals surface area (Å²) in [5, 5.41) is 1.23. The van der Waals surface area contributed by atoms with Gasteiger partial charge < -0.3 is 9.30 Å². The van der Waals surface area contributed by atoms with Crippen LogP contribution in [-0.4, -0.2) is 14.5 Å². The fraction of sp³-hybridized carbons (Fsp3) is 0.182. The number of aryl methyl sites for hydroxylation is 3. The van der Waals surface area contributed by atoms with Crippen LogP contribution in [0.4, 0.5) is 0 Å². The molecule has 2 aromatic heterocycles. The molecule has 136 valence electrons. The average molecular weight is 378 g/mol. The summed E-state index contributed by atoms with van der Waals surface area (Å²) in [4.78, 5) is 8.78. The Bertz CT molecular complexity index is 1120. The smallest absolute Gasteiger partial charge is 0.224 e. The fourth-order valence-electron chi connectivity index (χ4n) is 3.13. The molecule has 2 aromatic carbocycles. The first-order valence-corrected chi connectivity index (χ1v) is 9.17. The zero-order valence-corrected chi connectivity index (χ0v) is 16.3. The van der Waals surface area contributed by atoms with Gasteiger partial charge >= 0.3 is 0 Å². The molecule has 0 spiro atoms. The molecule has 0 atom stereocenters. The minimum atomic E-state index is 0.247. The van der Waals surface area contributed by atoms with Crippen molar-refractivity contribution in [3.63, 3.8) is 0 Å². The second-order valence-electron chi connectivity index (χ2n) is 6.76. The van der Waals surface area contributed by atoms with Gasteiger partial charge in [0.15, 0.2) is 0 Å². The standard InChI is InChI=1S/C22H20ClN3O/c1-14-4-6-16(7-5-14)13-27-19-9-8-17(12-15(19)2)20-18-10-11-26(3)21(18)25-22(23)24-20/h4-12H,13H2,1-3H3. The van der Waals surface area contributed by atoms with E-state index in [9.17, 15) is 0 Å². The largest absolute Gasteiger partial charge is 0.489 e. The fourth-order valence-corrected chi connectivity index (χ4v) is 3.30. The number of nitrogens with zero attached hydrogens (tertiary/aromatic N) is 3. The summed E-state index contributed by atoms with van der Waals surface area (Å²) in [7, 11) is 1.95. The highest BCUT2D eigenvalue weighted by Gasteiger charge is 2.13. The molecule has 4 nitrogen and oxygen atoms in total. The summed E-state index contributed by atoms with van der Waals surface area (Å²) in [6, 6.07) is 16.5. The number of benzene rings is 2. The Kier molecular flexibility index (Phi) is 4.58.